The quantitative estimate of drug-likeness (QED) is 0.882. The minimum atomic E-state index is -0.937. The first-order chi connectivity index (χ1) is 9.60. The number of carboxylic acid groups (broad SMARTS) is 1. The van der Waals surface area contributed by atoms with Crippen LogP contribution in [0.15, 0.2) is 30.3 Å². The minimum Gasteiger partial charge on any atom is -0.480 e. The molecule has 1 saturated heterocycles. The molecule has 2 N–H and O–H groups in total. The van der Waals surface area contributed by atoms with E-state index >= 15 is 0 Å². The number of carbonyl (C=O) groups is 1. The number of carboxylic acids is 1. The number of aliphatic carboxylic acids is 1. The van der Waals surface area contributed by atoms with Gasteiger partial charge in [0.1, 0.15) is 5.54 Å². The number of hydrogen-bond donors (Lipinski definition) is 2. The van der Waals surface area contributed by atoms with Crippen molar-refractivity contribution in [2.24, 2.45) is 5.92 Å². The molecule has 1 aliphatic rings. The molecule has 0 saturated carbocycles. The Hall–Kier alpha value is -1.39. The molecule has 0 bridgehead atoms. The zero-order chi connectivity index (χ0) is 14.6. The van der Waals surface area contributed by atoms with Gasteiger partial charge in [0.25, 0.3) is 0 Å². The summed E-state index contributed by atoms with van der Waals surface area (Å²) in [5.74, 6) is -0.749. The van der Waals surface area contributed by atoms with Crippen molar-refractivity contribution in [2.75, 3.05) is 26.2 Å². The summed E-state index contributed by atoms with van der Waals surface area (Å²) in [5.41, 5.74) is -0.0581. The van der Waals surface area contributed by atoms with Crippen molar-refractivity contribution in [3.05, 3.63) is 35.9 Å². The van der Waals surface area contributed by atoms with Gasteiger partial charge < -0.3 is 10.4 Å². The molecule has 0 radical (unpaired) electrons. The molecule has 1 heterocycles. The van der Waals surface area contributed by atoms with Crippen LogP contribution < -0.4 is 5.32 Å². The normalized spacial score (nSPS) is 20.4. The van der Waals surface area contributed by atoms with Gasteiger partial charge in [-0.1, -0.05) is 44.2 Å². The Morgan fingerprint density at radius 3 is 2.55 bits per heavy atom. The topological polar surface area (TPSA) is 52.6 Å². The van der Waals surface area contributed by atoms with Gasteiger partial charge >= 0.3 is 5.97 Å². The molecule has 2 rings (SSSR count). The molecule has 1 atom stereocenters. The van der Waals surface area contributed by atoms with Crippen molar-refractivity contribution in [3.8, 4) is 0 Å². The Bertz CT molecular complexity index is 439. The third-order valence-corrected chi connectivity index (χ3v) is 4.21. The molecule has 0 aromatic heterocycles. The van der Waals surface area contributed by atoms with Crippen molar-refractivity contribution in [2.45, 2.75) is 25.8 Å². The van der Waals surface area contributed by atoms with Gasteiger partial charge in [0.15, 0.2) is 0 Å². The van der Waals surface area contributed by atoms with Crippen LogP contribution in [0.3, 0.4) is 0 Å². The summed E-state index contributed by atoms with van der Waals surface area (Å²) in [6, 6.07) is 9.65. The second kappa shape index (κ2) is 6.37. The Kier molecular flexibility index (Phi) is 4.78. The lowest BCUT2D eigenvalue weighted by molar-refractivity contribution is -0.156. The standard InChI is InChI=1S/C16H24N2O2/c1-13(2)16(15(19)20,14-7-4-3-5-8-14)18-11-6-9-17-10-12-18/h3-5,7-8,13,17H,6,9-12H2,1-2H3,(H,19,20). The molecule has 1 fully saturated rings. The number of hydrogen-bond acceptors (Lipinski definition) is 3. The fourth-order valence-electron chi connectivity index (χ4n) is 3.28. The van der Waals surface area contributed by atoms with E-state index in [-0.39, 0.29) is 5.92 Å². The van der Waals surface area contributed by atoms with Crippen molar-refractivity contribution in [1.29, 1.82) is 0 Å². The fourth-order valence-corrected chi connectivity index (χ4v) is 3.28. The highest BCUT2D eigenvalue weighted by molar-refractivity contribution is 5.81. The van der Waals surface area contributed by atoms with Gasteiger partial charge in [-0.05, 0) is 24.4 Å². The average molecular weight is 276 g/mol. The number of nitrogens with zero attached hydrogens (tertiary/aromatic N) is 1. The van der Waals surface area contributed by atoms with Crippen LogP contribution in [0.2, 0.25) is 0 Å². The van der Waals surface area contributed by atoms with E-state index in [2.05, 4.69) is 10.2 Å². The zero-order valence-electron chi connectivity index (χ0n) is 12.3. The van der Waals surface area contributed by atoms with Crippen LogP contribution >= 0.6 is 0 Å². The molecule has 20 heavy (non-hydrogen) atoms. The van der Waals surface area contributed by atoms with Crippen LogP contribution in [-0.4, -0.2) is 42.2 Å². The van der Waals surface area contributed by atoms with Crippen LogP contribution in [0.1, 0.15) is 25.8 Å². The van der Waals surface area contributed by atoms with E-state index < -0.39 is 11.5 Å². The van der Waals surface area contributed by atoms with Crippen molar-refractivity contribution < 1.29 is 9.90 Å². The molecular formula is C16H24N2O2. The van der Waals surface area contributed by atoms with E-state index in [1.54, 1.807) is 0 Å². The summed E-state index contributed by atoms with van der Waals surface area (Å²) in [4.78, 5) is 14.3. The minimum absolute atomic E-state index is 0.000463. The van der Waals surface area contributed by atoms with E-state index in [9.17, 15) is 9.90 Å². The van der Waals surface area contributed by atoms with E-state index in [0.29, 0.717) is 0 Å². The average Bonchev–Trinajstić information content (AvgIpc) is 2.69. The summed E-state index contributed by atoms with van der Waals surface area (Å²) in [7, 11) is 0. The SMILES string of the molecule is CC(C)C(C(=O)O)(c1ccccc1)N1CCCNCC1. The van der Waals surface area contributed by atoms with E-state index in [0.717, 1.165) is 38.2 Å². The van der Waals surface area contributed by atoms with Crippen LogP contribution in [0.5, 0.6) is 0 Å². The molecule has 4 heteroatoms. The predicted molar refractivity (Wildman–Crippen MR) is 79.7 cm³/mol. The van der Waals surface area contributed by atoms with Crippen LogP contribution in [-0.2, 0) is 10.3 Å². The Morgan fingerprint density at radius 1 is 1.25 bits per heavy atom. The molecule has 4 nitrogen and oxygen atoms in total. The van der Waals surface area contributed by atoms with Gasteiger partial charge in [0.05, 0.1) is 0 Å². The molecule has 0 spiro atoms. The first kappa shape index (κ1) is 15.0. The van der Waals surface area contributed by atoms with E-state index in [1.807, 2.05) is 44.2 Å². The lowest BCUT2D eigenvalue weighted by Gasteiger charge is -2.43. The summed E-state index contributed by atoms with van der Waals surface area (Å²) in [5, 5.41) is 13.4. The van der Waals surface area contributed by atoms with Crippen molar-refractivity contribution >= 4 is 5.97 Å². The lowest BCUT2D eigenvalue weighted by Crippen LogP contribution is -2.56. The molecule has 1 aromatic carbocycles. The summed E-state index contributed by atoms with van der Waals surface area (Å²) >= 11 is 0. The van der Waals surface area contributed by atoms with Crippen LogP contribution in [0.25, 0.3) is 0 Å². The third-order valence-electron chi connectivity index (χ3n) is 4.21. The molecule has 0 aliphatic carbocycles. The zero-order valence-corrected chi connectivity index (χ0v) is 12.3. The summed E-state index contributed by atoms with van der Waals surface area (Å²) in [6.07, 6.45) is 0.981. The summed E-state index contributed by atoms with van der Waals surface area (Å²) in [6.45, 7) is 7.37. The van der Waals surface area contributed by atoms with Gasteiger partial charge in [-0.3, -0.25) is 4.90 Å². The summed E-state index contributed by atoms with van der Waals surface area (Å²) < 4.78 is 0. The van der Waals surface area contributed by atoms with Gasteiger partial charge in [-0.25, -0.2) is 4.79 Å². The van der Waals surface area contributed by atoms with Crippen molar-refractivity contribution in [3.63, 3.8) is 0 Å². The third kappa shape index (κ3) is 2.58. The van der Waals surface area contributed by atoms with Crippen LogP contribution in [0.4, 0.5) is 0 Å². The van der Waals surface area contributed by atoms with Gasteiger partial charge in [-0.15, -0.1) is 0 Å². The second-order valence-electron chi connectivity index (χ2n) is 5.68. The molecule has 1 aromatic rings. The molecular weight excluding hydrogens is 252 g/mol. The maximum Gasteiger partial charge on any atom is 0.329 e. The molecule has 0 amide bonds. The van der Waals surface area contributed by atoms with E-state index in [1.165, 1.54) is 0 Å². The van der Waals surface area contributed by atoms with Crippen molar-refractivity contribution in [1.82, 2.24) is 10.2 Å². The molecule has 1 aliphatic heterocycles. The second-order valence-corrected chi connectivity index (χ2v) is 5.68. The molecule has 1 unspecified atom stereocenters. The Balaban J connectivity index is 2.49. The highest BCUT2D eigenvalue weighted by Crippen LogP contribution is 2.37. The van der Waals surface area contributed by atoms with Gasteiger partial charge in [-0.2, -0.15) is 0 Å². The predicted octanol–water partition coefficient (Wildman–Crippen LogP) is 1.92. The monoisotopic (exact) mass is 276 g/mol. The number of rotatable bonds is 4. The van der Waals surface area contributed by atoms with Crippen LogP contribution in [0, 0.1) is 5.92 Å². The fraction of sp³-hybridized carbons (Fsp3) is 0.562. The van der Waals surface area contributed by atoms with E-state index in [4.69, 9.17) is 0 Å². The largest absolute Gasteiger partial charge is 0.480 e. The maximum absolute atomic E-state index is 12.2. The maximum atomic E-state index is 12.2. The number of benzene rings is 1. The van der Waals surface area contributed by atoms with Gasteiger partial charge in [0.2, 0.25) is 0 Å². The Labute approximate surface area is 120 Å². The lowest BCUT2D eigenvalue weighted by atomic mass is 9.78. The number of nitrogens with one attached hydrogen (secondary N) is 1. The smallest absolute Gasteiger partial charge is 0.329 e. The first-order valence-corrected chi connectivity index (χ1v) is 7.34. The highest BCUT2D eigenvalue weighted by Gasteiger charge is 2.48. The first-order valence-electron chi connectivity index (χ1n) is 7.34. The van der Waals surface area contributed by atoms with Gasteiger partial charge in [0, 0.05) is 19.6 Å². The molecule has 110 valence electrons. The Morgan fingerprint density at radius 2 is 1.95 bits per heavy atom. The highest BCUT2D eigenvalue weighted by atomic mass is 16.4.